The van der Waals surface area contributed by atoms with E-state index in [1.165, 1.54) is 16.0 Å². The number of hydrogen-bond donors (Lipinski definition) is 1. The third-order valence-electron chi connectivity index (χ3n) is 4.50. The summed E-state index contributed by atoms with van der Waals surface area (Å²) in [6.45, 7) is 3.88. The number of rotatable bonds is 8. The third kappa shape index (κ3) is 4.66. The minimum Gasteiger partial charge on any atom is -0.481 e. The maximum atomic E-state index is 12.3. The van der Waals surface area contributed by atoms with Crippen LogP contribution >= 0.6 is 0 Å². The molecule has 0 heterocycles. The molecule has 0 spiro atoms. The summed E-state index contributed by atoms with van der Waals surface area (Å²) in [5.74, 6) is -1.12. The molecule has 0 saturated carbocycles. The molecule has 1 aromatic rings. The van der Waals surface area contributed by atoms with Crippen molar-refractivity contribution in [2.45, 2.75) is 58.4 Å². The molecule has 0 unspecified atom stereocenters. The molecule has 1 aliphatic carbocycles. The Labute approximate surface area is 142 Å². The molecule has 0 fully saturated rings. The predicted molar refractivity (Wildman–Crippen MR) is 91.1 cm³/mol. The van der Waals surface area contributed by atoms with Crippen molar-refractivity contribution in [3.05, 3.63) is 34.9 Å². The number of carbonyl (C=O) groups is 3. The van der Waals surface area contributed by atoms with E-state index in [1.54, 1.807) is 0 Å². The zero-order valence-corrected chi connectivity index (χ0v) is 14.4. The van der Waals surface area contributed by atoms with Crippen LogP contribution < -0.4 is 0 Å². The number of fused-ring (bicyclic) bond motifs is 1. The molecule has 5 heteroatoms. The van der Waals surface area contributed by atoms with Crippen LogP contribution in [-0.2, 0) is 22.4 Å². The maximum Gasteiger partial charge on any atom is 0.305 e. The monoisotopic (exact) mass is 331 g/mol. The number of ketones is 1. The summed E-state index contributed by atoms with van der Waals surface area (Å²) in [4.78, 5) is 36.9. The molecule has 0 radical (unpaired) electrons. The minimum atomic E-state index is -0.928. The van der Waals surface area contributed by atoms with Gasteiger partial charge in [-0.15, -0.1) is 0 Å². The Balaban J connectivity index is 1.92. The zero-order valence-electron chi connectivity index (χ0n) is 14.4. The van der Waals surface area contributed by atoms with Crippen LogP contribution in [0.5, 0.6) is 0 Å². The second-order valence-electron chi connectivity index (χ2n) is 6.58. The van der Waals surface area contributed by atoms with Gasteiger partial charge >= 0.3 is 5.97 Å². The number of aryl methyl sites for hydroxylation is 2. The van der Waals surface area contributed by atoms with Crippen molar-refractivity contribution >= 4 is 17.7 Å². The summed E-state index contributed by atoms with van der Waals surface area (Å²) in [7, 11) is 0. The van der Waals surface area contributed by atoms with Crippen LogP contribution in [0.1, 0.15) is 61.0 Å². The van der Waals surface area contributed by atoms with Crippen molar-refractivity contribution in [3.8, 4) is 0 Å². The van der Waals surface area contributed by atoms with E-state index in [0.717, 1.165) is 19.3 Å². The molecule has 1 aliphatic rings. The van der Waals surface area contributed by atoms with E-state index in [0.29, 0.717) is 5.56 Å². The summed E-state index contributed by atoms with van der Waals surface area (Å²) in [6.07, 6.45) is 3.43. The Morgan fingerprint density at radius 1 is 1.08 bits per heavy atom. The van der Waals surface area contributed by atoms with Gasteiger partial charge in [-0.05, 0) is 50.3 Å². The SMILES string of the molecule is CC(C)N(CCC(=O)O)C(=O)CCC(=O)c1ccc2c(c1)CCC2. The highest BCUT2D eigenvalue weighted by Crippen LogP contribution is 2.23. The first-order chi connectivity index (χ1) is 11.4. The summed E-state index contributed by atoms with van der Waals surface area (Å²) in [6, 6.07) is 5.75. The van der Waals surface area contributed by atoms with Crippen molar-refractivity contribution in [2.75, 3.05) is 6.54 Å². The minimum absolute atomic E-state index is 0.0278. The van der Waals surface area contributed by atoms with Gasteiger partial charge in [0.15, 0.2) is 5.78 Å². The van der Waals surface area contributed by atoms with Gasteiger partial charge in [0.1, 0.15) is 0 Å². The Hall–Kier alpha value is -2.17. The highest BCUT2D eigenvalue weighted by molar-refractivity contribution is 5.98. The molecular formula is C19H25NO4. The van der Waals surface area contributed by atoms with Crippen LogP contribution in [0.25, 0.3) is 0 Å². The first kappa shape index (κ1) is 18.2. The first-order valence-electron chi connectivity index (χ1n) is 8.54. The van der Waals surface area contributed by atoms with Gasteiger partial charge in [0, 0.05) is 31.0 Å². The highest BCUT2D eigenvalue weighted by atomic mass is 16.4. The molecule has 5 nitrogen and oxygen atoms in total. The average Bonchev–Trinajstić information content (AvgIpc) is 2.99. The van der Waals surface area contributed by atoms with Crippen LogP contribution in [0.4, 0.5) is 0 Å². The molecule has 1 amide bonds. The lowest BCUT2D eigenvalue weighted by Crippen LogP contribution is -2.38. The fourth-order valence-corrected chi connectivity index (χ4v) is 3.14. The van der Waals surface area contributed by atoms with Crippen molar-refractivity contribution in [3.63, 3.8) is 0 Å². The standard InChI is InChI=1S/C19H25NO4/c1-13(2)20(11-10-19(23)24)18(22)9-8-17(21)16-7-6-14-4-3-5-15(14)12-16/h6-7,12-13H,3-5,8-11H2,1-2H3,(H,23,24). The predicted octanol–water partition coefficient (Wildman–Crippen LogP) is 2.85. The van der Waals surface area contributed by atoms with Crippen LogP contribution in [0, 0.1) is 0 Å². The lowest BCUT2D eigenvalue weighted by molar-refractivity contribution is -0.139. The zero-order chi connectivity index (χ0) is 17.7. The van der Waals surface area contributed by atoms with Crippen molar-refractivity contribution in [2.24, 2.45) is 0 Å². The number of nitrogens with zero attached hydrogens (tertiary/aromatic N) is 1. The number of amides is 1. The number of benzene rings is 1. The molecule has 24 heavy (non-hydrogen) atoms. The number of Topliss-reactive ketones (excluding diaryl/α,β-unsaturated/α-hetero) is 1. The molecule has 0 atom stereocenters. The largest absolute Gasteiger partial charge is 0.481 e. The second kappa shape index (κ2) is 8.08. The molecule has 0 aliphatic heterocycles. The van der Waals surface area contributed by atoms with E-state index in [4.69, 9.17) is 5.11 Å². The second-order valence-corrected chi connectivity index (χ2v) is 6.58. The van der Waals surface area contributed by atoms with Crippen LogP contribution in [0.2, 0.25) is 0 Å². The Morgan fingerprint density at radius 2 is 1.79 bits per heavy atom. The number of aliphatic carboxylic acids is 1. The van der Waals surface area contributed by atoms with E-state index >= 15 is 0 Å². The van der Waals surface area contributed by atoms with Crippen LogP contribution in [0.3, 0.4) is 0 Å². The summed E-state index contributed by atoms with van der Waals surface area (Å²) in [5, 5.41) is 8.78. The number of hydrogen-bond acceptors (Lipinski definition) is 3. The van der Waals surface area contributed by atoms with Crippen LogP contribution in [0.15, 0.2) is 18.2 Å². The Kier molecular flexibility index (Phi) is 6.12. The van der Waals surface area contributed by atoms with Gasteiger partial charge in [-0.2, -0.15) is 0 Å². The van der Waals surface area contributed by atoms with Gasteiger partial charge in [0.05, 0.1) is 6.42 Å². The van der Waals surface area contributed by atoms with Gasteiger partial charge in [0.2, 0.25) is 5.91 Å². The quantitative estimate of drug-likeness (QED) is 0.743. The van der Waals surface area contributed by atoms with E-state index in [2.05, 4.69) is 0 Å². The Bertz CT molecular complexity index is 636. The number of carbonyl (C=O) groups excluding carboxylic acids is 2. The molecule has 1 aromatic carbocycles. The number of carboxylic acids is 1. The van der Waals surface area contributed by atoms with E-state index in [9.17, 15) is 14.4 Å². The molecule has 2 rings (SSSR count). The topological polar surface area (TPSA) is 74.7 Å². The molecule has 0 bridgehead atoms. The highest BCUT2D eigenvalue weighted by Gasteiger charge is 2.20. The molecule has 1 N–H and O–H groups in total. The molecular weight excluding hydrogens is 306 g/mol. The van der Waals surface area contributed by atoms with Crippen LogP contribution in [-0.4, -0.2) is 40.3 Å². The lowest BCUT2D eigenvalue weighted by Gasteiger charge is -2.26. The normalized spacial score (nSPS) is 13.0. The average molecular weight is 331 g/mol. The van der Waals surface area contributed by atoms with Gasteiger partial charge < -0.3 is 10.0 Å². The number of carboxylic acid groups (broad SMARTS) is 1. The van der Waals surface area contributed by atoms with Gasteiger partial charge in [0.25, 0.3) is 0 Å². The summed E-state index contributed by atoms with van der Waals surface area (Å²) in [5.41, 5.74) is 3.24. The van der Waals surface area contributed by atoms with Gasteiger partial charge in [-0.1, -0.05) is 12.1 Å². The van der Waals surface area contributed by atoms with Crippen molar-refractivity contribution < 1.29 is 19.5 Å². The van der Waals surface area contributed by atoms with E-state index in [1.807, 2.05) is 32.0 Å². The van der Waals surface area contributed by atoms with E-state index < -0.39 is 5.97 Å². The van der Waals surface area contributed by atoms with Gasteiger partial charge in [-0.3, -0.25) is 14.4 Å². The first-order valence-corrected chi connectivity index (χ1v) is 8.54. The Morgan fingerprint density at radius 3 is 2.46 bits per heavy atom. The fourth-order valence-electron chi connectivity index (χ4n) is 3.14. The lowest BCUT2D eigenvalue weighted by atomic mass is 10.0. The van der Waals surface area contributed by atoms with Crippen molar-refractivity contribution in [1.82, 2.24) is 4.90 Å². The van der Waals surface area contributed by atoms with E-state index in [-0.39, 0.29) is 43.5 Å². The third-order valence-corrected chi connectivity index (χ3v) is 4.50. The van der Waals surface area contributed by atoms with Gasteiger partial charge in [-0.25, -0.2) is 0 Å². The van der Waals surface area contributed by atoms with Crippen molar-refractivity contribution in [1.29, 1.82) is 0 Å². The fraction of sp³-hybridized carbons (Fsp3) is 0.526. The molecule has 0 saturated heterocycles. The molecule has 130 valence electrons. The molecule has 0 aromatic heterocycles. The summed E-state index contributed by atoms with van der Waals surface area (Å²) >= 11 is 0. The summed E-state index contributed by atoms with van der Waals surface area (Å²) < 4.78 is 0. The maximum absolute atomic E-state index is 12.3. The smallest absolute Gasteiger partial charge is 0.305 e.